The van der Waals surface area contributed by atoms with Crippen molar-refractivity contribution in [2.45, 2.75) is 63.0 Å². The first-order valence-electron chi connectivity index (χ1n) is 8.14. The number of benzene rings is 1. The van der Waals surface area contributed by atoms with Gasteiger partial charge in [-0.05, 0) is 63.1 Å². The molecule has 2 atom stereocenters. The molecule has 1 heterocycles. The van der Waals surface area contributed by atoms with Gasteiger partial charge in [-0.15, -0.1) is 0 Å². The van der Waals surface area contributed by atoms with Gasteiger partial charge in [0, 0.05) is 6.61 Å². The largest absolute Gasteiger partial charge is 0.373 e. The van der Waals surface area contributed by atoms with Gasteiger partial charge in [-0.25, -0.2) is 0 Å². The Labute approximate surface area is 122 Å². The fraction of sp³-hybridized carbons (Fsp3) is 0.667. The molecule has 1 aliphatic carbocycles. The summed E-state index contributed by atoms with van der Waals surface area (Å²) in [6.07, 6.45) is 7.76. The van der Waals surface area contributed by atoms with Crippen molar-refractivity contribution < 1.29 is 4.74 Å². The van der Waals surface area contributed by atoms with E-state index in [4.69, 9.17) is 4.74 Å². The maximum absolute atomic E-state index is 6.12. The molecule has 2 fully saturated rings. The molecular formula is C18H27NO. The molecule has 1 N–H and O–H groups in total. The highest BCUT2D eigenvalue weighted by molar-refractivity contribution is 5.30. The first kappa shape index (κ1) is 14.1. The van der Waals surface area contributed by atoms with Gasteiger partial charge < -0.3 is 10.1 Å². The van der Waals surface area contributed by atoms with Crippen molar-refractivity contribution in [2.24, 2.45) is 0 Å². The van der Waals surface area contributed by atoms with Crippen molar-refractivity contribution in [2.75, 3.05) is 13.7 Å². The Morgan fingerprint density at radius 1 is 1.15 bits per heavy atom. The molecule has 3 rings (SSSR count). The number of nitrogens with one attached hydrogen (secondary N) is 1. The van der Waals surface area contributed by atoms with Gasteiger partial charge in [-0.2, -0.15) is 0 Å². The molecule has 2 heteroatoms. The van der Waals surface area contributed by atoms with Crippen molar-refractivity contribution in [3.63, 3.8) is 0 Å². The van der Waals surface area contributed by atoms with Crippen LogP contribution in [0.5, 0.6) is 0 Å². The van der Waals surface area contributed by atoms with Crippen LogP contribution in [0.2, 0.25) is 0 Å². The number of rotatable bonds is 4. The van der Waals surface area contributed by atoms with Gasteiger partial charge in [-0.3, -0.25) is 0 Å². The molecule has 2 aliphatic rings. The molecule has 0 aromatic heterocycles. The Kier molecular flexibility index (Phi) is 4.13. The second-order valence-electron chi connectivity index (χ2n) is 6.63. The molecule has 0 amide bonds. The van der Waals surface area contributed by atoms with Gasteiger partial charge in [0.05, 0.1) is 11.6 Å². The van der Waals surface area contributed by atoms with E-state index in [9.17, 15) is 0 Å². The lowest BCUT2D eigenvalue weighted by atomic mass is 9.79. The summed E-state index contributed by atoms with van der Waals surface area (Å²) in [6, 6.07) is 9.56. The molecule has 0 spiro atoms. The van der Waals surface area contributed by atoms with Crippen LogP contribution in [0.4, 0.5) is 0 Å². The zero-order chi connectivity index (χ0) is 14.0. The number of ether oxygens (including phenoxy) is 1. The third kappa shape index (κ3) is 2.64. The summed E-state index contributed by atoms with van der Waals surface area (Å²) in [5.41, 5.74) is 2.81. The molecule has 2 nitrogen and oxygen atoms in total. The summed E-state index contributed by atoms with van der Waals surface area (Å²) in [5, 5.41) is 3.48. The zero-order valence-corrected chi connectivity index (χ0v) is 12.8. The molecule has 1 saturated carbocycles. The molecule has 0 bridgehead atoms. The third-order valence-corrected chi connectivity index (χ3v) is 5.25. The monoisotopic (exact) mass is 273 g/mol. The van der Waals surface area contributed by atoms with E-state index >= 15 is 0 Å². The molecule has 110 valence electrons. The smallest absolute Gasteiger partial charge is 0.0848 e. The predicted octanol–water partition coefficient (Wildman–Crippen LogP) is 4.17. The molecule has 1 aromatic carbocycles. The fourth-order valence-electron chi connectivity index (χ4n) is 3.71. The van der Waals surface area contributed by atoms with Gasteiger partial charge in [0.1, 0.15) is 0 Å². The van der Waals surface area contributed by atoms with Gasteiger partial charge in [0.25, 0.3) is 0 Å². The SMILES string of the molecule is CNC(c1ccc(C2CCC2)cc1)C1(C)CCCCO1. The Morgan fingerprint density at radius 3 is 2.40 bits per heavy atom. The lowest BCUT2D eigenvalue weighted by Crippen LogP contribution is -2.44. The summed E-state index contributed by atoms with van der Waals surface area (Å²) in [6.45, 7) is 3.15. The Hall–Kier alpha value is -0.860. The second-order valence-corrected chi connectivity index (χ2v) is 6.63. The van der Waals surface area contributed by atoms with E-state index in [0.29, 0.717) is 6.04 Å². The maximum Gasteiger partial charge on any atom is 0.0848 e. The Bertz CT molecular complexity index is 429. The summed E-state index contributed by atoms with van der Waals surface area (Å²) < 4.78 is 6.12. The first-order valence-corrected chi connectivity index (χ1v) is 8.14. The van der Waals surface area contributed by atoms with Crippen molar-refractivity contribution in [3.05, 3.63) is 35.4 Å². The molecule has 1 saturated heterocycles. The number of hydrogen-bond acceptors (Lipinski definition) is 2. The average Bonchev–Trinajstić information content (AvgIpc) is 2.40. The van der Waals surface area contributed by atoms with E-state index in [2.05, 4.69) is 36.5 Å². The Morgan fingerprint density at radius 2 is 1.90 bits per heavy atom. The van der Waals surface area contributed by atoms with Crippen LogP contribution in [0.15, 0.2) is 24.3 Å². The summed E-state index contributed by atoms with van der Waals surface area (Å²) in [7, 11) is 2.05. The minimum Gasteiger partial charge on any atom is -0.373 e. The van der Waals surface area contributed by atoms with Gasteiger partial charge in [-0.1, -0.05) is 30.7 Å². The van der Waals surface area contributed by atoms with Crippen LogP contribution >= 0.6 is 0 Å². The lowest BCUT2D eigenvalue weighted by Gasteiger charge is -2.41. The van der Waals surface area contributed by atoms with Crippen molar-refractivity contribution in [1.29, 1.82) is 0 Å². The van der Waals surface area contributed by atoms with E-state index < -0.39 is 0 Å². The van der Waals surface area contributed by atoms with Gasteiger partial charge in [0.2, 0.25) is 0 Å². The molecule has 2 unspecified atom stereocenters. The van der Waals surface area contributed by atoms with Crippen LogP contribution in [0.25, 0.3) is 0 Å². The topological polar surface area (TPSA) is 21.3 Å². The zero-order valence-electron chi connectivity index (χ0n) is 12.8. The van der Waals surface area contributed by atoms with E-state index in [1.165, 1.54) is 43.2 Å². The van der Waals surface area contributed by atoms with Crippen LogP contribution < -0.4 is 5.32 Å². The highest BCUT2D eigenvalue weighted by Gasteiger charge is 2.37. The maximum atomic E-state index is 6.12. The van der Waals surface area contributed by atoms with Crippen molar-refractivity contribution in [3.8, 4) is 0 Å². The molecular weight excluding hydrogens is 246 g/mol. The fourth-order valence-corrected chi connectivity index (χ4v) is 3.71. The van der Waals surface area contributed by atoms with E-state index in [1.807, 2.05) is 7.05 Å². The average molecular weight is 273 g/mol. The standard InChI is InChI=1S/C18H27NO/c1-18(12-3-4-13-20-18)17(19-2)16-10-8-15(9-11-16)14-6-5-7-14/h8-11,14,17,19H,3-7,12-13H2,1-2H3. The predicted molar refractivity (Wildman–Crippen MR) is 83.0 cm³/mol. The lowest BCUT2D eigenvalue weighted by molar-refractivity contribution is -0.0884. The van der Waals surface area contributed by atoms with Crippen LogP contribution in [0.3, 0.4) is 0 Å². The van der Waals surface area contributed by atoms with E-state index in [1.54, 1.807) is 0 Å². The van der Waals surface area contributed by atoms with Crippen LogP contribution in [-0.2, 0) is 4.74 Å². The van der Waals surface area contributed by atoms with Gasteiger partial charge in [0.15, 0.2) is 0 Å². The van der Waals surface area contributed by atoms with Crippen LogP contribution in [0, 0.1) is 0 Å². The second kappa shape index (κ2) is 5.87. The molecule has 1 aliphatic heterocycles. The third-order valence-electron chi connectivity index (χ3n) is 5.25. The van der Waals surface area contributed by atoms with Crippen molar-refractivity contribution >= 4 is 0 Å². The Balaban J connectivity index is 1.77. The summed E-state index contributed by atoms with van der Waals surface area (Å²) >= 11 is 0. The number of hydrogen-bond donors (Lipinski definition) is 1. The van der Waals surface area contributed by atoms with E-state index in [-0.39, 0.29) is 5.60 Å². The highest BCUT2D eigenvalue weighted by atomic mass is 16.5. The quantitative estimate of drug-likeness (QED) is 0.889. The minimum absolute atomic E-state index is 0.0645. The van der Waals surface area contributed by atoms with Crippen molar-refractivity contribution in [1.82, 2.24) is 5.32 Å². The molecule has 1 aromatic rings. The highest BCUT2D eigenvalue weighted by Crippen LogP contribution is 2.39. The first-order chi connectivity index (χ1) is 9.73. The molecule has 20 heavy (non-hydrogen) atoms. The number of likely N-dealkylation sites (N-methyl/N-ethyl adjacent to an activating group) is 1. The summed E-state index contributed by atoms with van der Waals surface area (Å²) in [4.78, 5) is 0. The van der Waals surface area contributed by atoms with Gasteiger partial charge >= 0.3 is 0 Å². The van der Waals surface area contributed by atoms with Crippen LogP contribution in [-0.4, -0.2) is 19.3 Å². The van der Waals surface area contributed by atoms with Crippen LogP contribution in [0.1, 0.15) is 68.5 Å². The summed E-state index contributed by atoms with van der Waals surface area (Å²) in [5.74, 6) is 0.818. The minimum atomic E-state index is -0.0645. The van der Waals surface area contributed by atoms with E-state index in [0.717, 1.165) is 18.9 Å². The molecule has 0 radical (unpaired) electrons. The normalized spacial score (nSPS) is 28.9.